The summed E-state index contributed by atoms with van der Waals surface area (Å²) in [6.07, 6.45) is 0.123. The summed E-state index contributed by atoms with van der Waals surface area (Å²) in [5, 5.41) is 13.4. The Morgan fingerprint density at radius 2 is 1.61 bits per heavy atom. The van der Waals surface area contributed by atoms with E-state index in [4.69, 9.17) is 4.74 Å². The molecule has 0 radical (unpaired) electrons. The number of methoxy groups -OCH3 is 1. The van der Waals surface area contributed by atoms with Gasteiger partial charge in [-0.2, -0.15) is 0 Å². The standard InChI is InChI=1S/C30H31N3O3/c1-36-27-15-13-25(14-16-27)31-30(35)33-19-26(34)17-18-32-20-28(29(32)21-33)24-11-9-23(10-12-24)8-7-22-5-3-2-4-6-22/h2-6,9-16,26,28-29,34H,17-21H2,1H3,(H,31,35)/t26-,28+,29-/m0/s1. The molecule has 0 aromatic heterocycles. The fourth-order valence-corrected chi connectivity index (χ4v) is 4.94. The molecule has 5 rings (SSSR count). The molecule has 6 nitrogen and oxygen atoms in total. The summed E-state index contributed by atoms with van der Waals surface area (Å²) in [7, 11) is 1.61. The van der Waals surface area contributed by atoms with Crippen molar-refractivity contribution in [3.8, 4) is 17.6 Å². The van der Waals surface area contributed by atoms with E-state index < -0.39 is 6.10 Å². The molecule has 184 valence electrons. The molecule has 0 aliphatic carbocycles. The normalized spacial score (nSPS) is 21.6. The number of hydrogen-bond donors (Lipinski definition) is 2. The number of benzene rings is 3. The van der Waals surface area contributed by atoms with Crippen LogP contribution in [0.25, 0.3) is 0 Å². The zero-order valence-corrected chi connectivity index (χ0v) is 20.4. The van der Waals surface area contributed by atoms with E-state index >= 15 is 0 Å². The molecule has 3 aromatic rings. The molecule has 3 atom stereocenters. The Kier molecular flexibility index (Phi) is 7.22. The highest BCUT2D eigenvalue weighted by Crippen LogP contribution is 2.36. The van der Waals surface area contributed by atoms with Crippen LogP contribution in [0, 0.1) is 11.8 Å². The fraction of sp³-hybridized carbons (Fsp3) is 0.300. The first kappa shape index (κ1) is 23.9. The van der Waals surface area contributed by atoms with E-state index in [9.17, 15) is 9.90 Å². The highest BCUT2D eigenvalue weighted by atomic mass is 16.5. The average Bonchev–Trinajstić information content (AvgIpc) is 2.90. The summed E-state index contributed by atoms with van der Waals surface area (Å²) in [6.45, 7) is 2.67. The third-order valence-electron chi connectivity index (χ3n) is 7.05. The zero-order chi connectivity index (χ0) is 24.9. The molecule has 3 aromatic carbocycles. The van der Waals surface area contributed by atoms with Crippen LogP contribution in [0.4, 0.5) is 10.5 Å². The van der Waals surface area contributed by atoms with E-state index in [1.165, 1.54) is 5.56 Å². The minimum atomic E-state index is -0.533. The van der Waals surface area contributed by atoms with Gasteiger partial charge in [-0.15, -0.1) is 0 Å². The number of β-amino-alcohol motifs (C(OH)–C–C–N with tert-alkyl or cyclic N) is 1. The lowest BCUT2D eigenvalue weighted by Crippen LogP contribution is -2.62. The van der Waals surface area contributed by atoms with Gasteiger partial charge in [0.15, 0.2) is 0 Å². The Labute approximate surface area is 212 Å². The molecule has 2 amide bonds. The van der Waals surface area contributed by atoms with E-state index in [1.807, 2.05) is 54.6 Å². The van der Waals surface area contributed by atoms with Crippen molar-refractivity contribution >= 4 is 11.7 Å². The number of hydrogen-bond acceptors (Lipinski definition) is 4. The largest absolute Gasteiger partial charge is 0.497 e. The number of aliphatic hydroxyl groups excluding tert-OH is 1. The third-order valence-corrected chi connectivity index (χ3v) is 7.05. The van der Waals surface area contributed by atoms with Gasteiger partial charge in [0.25, 0.3) is 0 Å². The van der Waals surface area contributed by atoms with Crippen molar-refractivity contribution < 1.29 is 14.6 Å². The van der Waals surface area contributed by atoms with E-state index in [0.29, 0.717) is 31.1 Å². The summed E-state index contributed by atoms with van der Waals surface area (Å²) in [5.41, 5.74) is 3.95. The zero-order valence-electron chi connectivity index (χ0n) is 20.4. The maximum atomic E-state index is 13.1. The number of amides is 2. The lowest BCUT2D eigenvalue weighted by molar-refractivity contribution is -0.00442. The van der Waals surface area contributed by atoms with Gasteiger partial charge < -0.3 is 20.1 Å². The maximum absolute atomic E-state index is 13.1. The number of rotatable bonds is 3. The molecule has 0 saturated carbocycles. The minimum Gasteiger partial charge on any atom is -0.497 e. The van der Waals surface area contributed by atoms with Crippen LogP contribution in [0.5, 0.6) is 5.75 Å². The van der Waals surface area contributed by atoms with Crippen molar-refractivity contribution in [2.75, 3.05) is 38.6 Å². The molecule has 2 fully saturated rings. The van der Waals surface area contributed by atoms with E-state index in [-0.39, 0.29) is 12.1 Å². The predicted octanol–water partition coefficient (Wildman–Crippen LogP) is 4.16. The second-order valence-corrected chi connectivity index (χ2v) is 9.41. The summed E-state index contributed by atoms with van der Waals surface area (Å²) in [4.78, 5) is 17.3. The molecule has 0 spiro atoms. The third kappa shape index (κ3) is 5.54. The summed E-state index contributed by atoms with van der Waals surface area (Å²) < 4.78 is 5.19. The summed E-state index contributed by atoms with van der Waals surface area (Å²) >= 11 is 0. The predicted molar refractivity (Wildman–Crippen MR) is 141 cm³/mol. The molecular formula is C30H31N3O3. The van der Waals surface area contributed by atoms with E-state index in [2.05, 4.69) is 46.3 Å². The first-order valence-corrected chi connectivity index (χ1v) is 12.4. The lowest BCUT2D eigenvalue weighted by Gasteiger charge is -2.51. The Bertz CT molecular complexity index is 1230. The monoisotopic (exact) mass is 481 g/mol. The number of carbonyl (C=O) groups excluding carboxylic acids is 1. The Balaban J connectivity index is 1.26. The number of ether oxygens (including phenoxy) is 1. The smallest absolute Gasteiger partial charge is 0.321 e. The molecular weight excluding hydrogens is 450 g/mol. The van der Waals surface area contributed by atoms with Crippen molar-refractivity contribution in [1.82, 2.24) is 9.80 Å². The number of carbonyl (C=O) groups is 1. The second-order valence-electron chi connectivity index (χ2n) is 9.41. The van der Waals surface area contributed by atoms with Crippen LogP contribution >= 0.6 is 0 Å². The quantitative estimate of drug-likeness (QED) is 0.552. The number of urea groups is 1. The average molecular weight is 482 g/mol. The van der Waals surface area contributed by atoms with Crippen LogP contribution in [0.1, 0.15) is 29.0 Å². The van der Waals surface area contributed by atoms with Crippen LogP contribution in [-0.2, 0) is 0 Å². The SMILES string of the molecule is COc1ccc(NC(=O)N2C[C@@H](O)CCN3C[C@H](c4ccc(C#Cc5ccccc5)cc4)[C@@H]3C2)cc1. The van der Waals surface area contributed by atoms with Crippen molar-refractivity contribution in [2.24, 2.45) is 0 Å². The van der Waals surface area contributed by atoms with Gasteiger partial charge in [-0.25, -0.2) is 4.79 Å². The van der Waals surface area contributed by atoms with Gasteiger partial charge in [-0.05, 0) is 60.5 Å². The van der Waals surface area contributed by atoms with Crippen molar-refractivity contribution in [3.05, 3.63) is 95.6 Å². The van der Waals surface area contributed by atoms with Crippen molar-refractivity contribution in [1.29, 1.82) is 0 Å². The maximum Gasteiger partial charge on any atom is 0.321 e. The molecule has 0 bridgehead atoms. The number of fused-ring (bicyclic) bond motifs is 1. The summed E-state index contributed by atoms with van der Waals surface area (Å²) in [5.74, 6) is 7.52. The van der Waals surface area contributed by atoms with Crippen LogP contribution in [0.15, 0.2) is 78.9 Å². The minimum absolute atomic E-state index is 0.196. The topological polar surface area (TPSA) is 65.0 Å². The van der Waals surface area contributed by atoms with Gasteiger partial charge in [0, 0.05) is 55.0 Å². The molecule has 36 heavy (non-hydrogen) atoms. The van der Waals surface area contributed by atoms with Gasteiger partial charge in [-0.1, -0.05) is 42.2 Å². The molecule has 2 N–H and O–H groups in total. The Morgan fingerprint density at radius 1 is 0.917 bits per heavy atom. The van der Waals surface area contributed by atoms with E-state index in [1.54, 1.807) is 12.0 Å². The van der Waals surface area contributed by atoms with Gasteiger partial charge in [0.05, 0.1) is 13.2 Å². The van der Waals surface area contributed by atoms with Crippen LogP contribution in [0.2, 0.25) is 0 Å². The Hall–Kier alpha value is -3.79. The first-order chi connectivity index (χ1) is 17.6. The van der Waals surface area contributed by atoms with Gasteiger partial charge in [0.2, 0.25) is 0 Å². The lowest BCUT2D eigenvalue weighted by atomic mass is 9.81. The van der Waals surface area contributed by atoms with Crippen LogP contribution in [-0.4, -0.2) is 66.4 Å². The number of nitrogens with zero attached hydrogens (tertiary/aromatic N) is 2. The molecule has 6 heteroatoms. The van der Waals surface area contributed by atoms with Gasteiger partial charge >= 0.3 is 6.03 Å². The van der Waals surface area contributed by atoms with Crippen molar-refractivity contribution in [2.45, 2.75) is 24.5 Å². The Morgan fingerprint density at radius 3 is 2.31 bits per heavy atom. The molecule has 2 heterocycles. The molecule has 2 aliphatic heterocycles. The van der Waals surface area contributed by atoms with Crippen LogP contribution < -0.4 is 10.1 Å². The fourth-order valence-electron chi connectivity index (χ4n) is 4.94. The summed E-state index contributed by atoms with van der Waals surface area (Å²) in [6, 6.07) is 25.7. The van der Waals surface area contributed by atoms with E-state index in [0.717, 1.165) is 30.0 Å². The second kappa shape index (κ2) is 10.9. The molecule has 0 unspecified atom stereocenters. The highest BCUT2D eigenvalue weighted by Gasteiger charge is 2.42. The van der Waals surface area contributed by atoms with Crippen LogP contribution in [0.3, 0.4) is 0 Å². The number of anilines is 1. The molecule has 2 aliphatic rings. The number of aliphatic hydroxyl groups is 1. The first-order valence-electron chi connectivity index (χ1n) is 12.4. The van der Waals surface area contributed by atoms with Gasteiger partial charge in [-0.3, -0.25) is 4.90 Å². The molecule has 2 saturated heterocycles. The number of nitrogens with one attached hydrogen (secondary N) is 1. The van der Waals surface area contributed by atoms with Crippen molar-refractivity contribution in [3.63, 3.8) is 0 Å². The highest BCUT2D eigenvalue weighted by molar-refractivity contribution is 5.89. The van der Waals surface area contributed by atoms with Gasteiger partial charge in [0.1, 0.15) is 5.75 Å².